The van der Waals surface area contributed by atoms with Crippen molar-refractivity contribution in [3.63, 3.8) is 0 Å². The Balaban J connectivity index is 1.78. The number of nitrogens with one attached hydrogen (secondary N) is 1. The summed E-state index contributed by atoms with van der Waals surface area (Å²) >= 11 is 0. The molecule has 2 saturated heterocycles. The maximum atomic E-state index is 14.6. The summed E-state index contributed by atoms with van der Waals surface area (Å²) in [4.78, 5) is 26.4. The first-order valence-corrected chi connectivity index (χ1v) is 10.1. The molecule has 1 aromatic carbocycles. The van der Waals surface area contributed by atoms with E-state index in [2.05, 4.69) is 5.32 Å². The smallest absolute Gasteiger partial charge is 0.415 e. The van der Waals surface area contributed by atoms with Crippen LogP contribution in [0.15, 0.2) is 18.2 Å². The average molecular weight is 385 g/mol. The van der Waals surface area contributed by atoms with Gasteiger partial charge in [-0.2, -0.15) is 0 Å². The highest BCUT2D eigenvalue weighted by atomic mass is 32.2. The third-order valence-electron chi connectivity index (χ3n) is 4.49. The van der Waals surface area contributed by atoms with Gasteiger partial charge in [-0.15, -0.1) is 0 Å². The first-order valence-electron chi connectivity index (χ1n) is 8.25. The Morgan fingerprint density at radius 1 is 1.31 bits per heavy atom. The van der Waals surface area contributed by atoms with E-state index in [4.69, 9.17) is 4.74 Å². The second-order valence-corrected chi connectivity index (χ2v) is 8.53. The van der Waals surface area contributed by atoms with Crippen molar-refractivity contribution < 1.29 is 27.1 Å². The zero-order valence-corrected chi connectivity index (χ0v) is 15.1. The first kappa shape index (κ1) is 18.4. The Morgan fingerprint density at radius 2 is 2.08 bits per heavy atom. The van der Waals surface area contributed by atoms with Crippen LogP contribution in [0.1, 0.15) is 6.42 Å². The molecule has 2 heterocycles. The van der Waals surface area contributed by atoms with Crippen molar-refractivity contribution in [2.75, 3.05) is 48.0 Å². The van der Waals surface area contributed by atoms with Gasteiger partial charge in [0.2, 0.25) is 0 Å². The zero-order valence-electron chi connectivity index (χ0n) is 14.3. The summed E-state index contributed by atoms with van der Waals surface area (Å²) in [6.07, 6.45) is -1.21. The maximum Gasteiger partial charge on any atom is 0.415 e. The molecule has 142 valence electrons. The van der Waals surface area contributed by atoms with Crippen LogP contribution in [0, 0.1) is 5.82 Å². The lowest BCUT2D eigenvalue weighted by atomic mass is 10.2. The minimum absolute atomic E-state index is 0.000743. The zero-order chi connectivity index (χ0) is 18.9. The van der Waals surface area contributed by atoms with E-state index in [1.807, 2.05) is 0 Å². The summed E-state index contributed by atoms with van der Waals surface area (Å²) in [6, 6.07) is 4.27. The van der Waals surface area contributed by atoms with Crippen LogP contribution < -0.4 is 15.1 Å². The molecule has 2 amide bonds. The Kier molecular flexibility index (Phi) is 5.03. The standard InChI is InChI=1S/C16H20FN3O5S/c1-18-15(21)14-10-20(16(22)25-14)11-3-4-13(12(17)9-11)19-5-2-7-26(23,24)8-6-19/h3-4,9,14H,2,5-8,10H2,1H3,(H,18,21). The van der Waals surface area contributed by atoms with E-state index in [1.54, 1.807) is 11.0 Å². The molecule has 8 nitrogen and oxygen atoms in total. The van der Waals surface area contributed by atoms with Gasteiger partial charge in [0.1, 0.15) is 5.82 Å². The second kappa shape index (κ2) is 7.10. The van der Waals surface area contributed by atoms with Crippen molar-refractivity contribution >= 4 is 33.2 Å². The number of rotatable bonds is 3. The fraction of sp³-hybridized carbons (Fsp3) is 0.500. The SMILES string of the molecule is CNC(=O)C1CN(c2ccc(N3CCCS(=O)(=O)CC3)c(F)c2)C(=O)O1. The molecule has 0 bridgehead atoms. The quantitative estimate of drug-likeness (QED) is 0.815. The van der Waals surface area contributed by atoms with Crippen molar-refractivity contribution in [1.82, 2.24) is 5.32 Å². The number of carbonyl (C=O) groups is 2. The van der Waals surface area contributed by atoms with E-state index < -0.39 is 33.8 Å². The summed E-state index contributed by atoms with van der Waals surface area (Å²) < 4.78 is 43.0. The summed E-state index contributed by atoms with van der Waals surface area (Å²) in [5, 5.41) is 2.40. The van der Waals surface area contributed by atoms with Gasteiger partial charge in [-0.3, -0.25) is 9.69 Å². The predicted octanol–water partition coefficient (Wildman–Crippen LogP) is 0.522. The molecule has 10 heteroatoms. The lowest BCUT2D eigenvalue weighted by Crippen LogP contribution is -2.35. The van der Waals surface area contributed by atoms with Crippen molar-refractivity contribution in [1.29, 1.82) is 0 Å². The number of hydrogen-bond acceptors (Lipinski definition) is 6. The summed E-state index contributed by atoms with van der Waals surface area (Å²) in [7, 11) is -1.65. The number of cyclic esters (lactones) is 1. The van der Waals surface area contributed by atoms with Gasteiger partial charge >= 0.3 is 6.09 Å². The number of nitrogens with zero attached hydrogens (tertiary/aromatic N) is 2. The highest BCUT2D eigenvalue weighted by Crippen LogP contribution is 2.28. The molecule has 26 heavy (non-hydrogen) atoms. The molecule has 1 aromatic rings. The van der Waals surface area contributed by atoms with Crippen LogP contribution in [0.2, 0.25) is 0 Å². The van der Waals surface area contributed by atoms with Crippen LogP contribution in [0.4, 0.5) is 20.6 Å². The number of ether oxygens (including phenoxy) is 1. The van der Waals surface area contributed by atoms with Crippen molar-refractivity contribution in [3.05, 3.63) is 24.0 Å². The second-order valence-electron chi connectivity index (χ2n) is 6.23. The number of benzene rings is 1. The molecule has 1 atom stereocenters. The van der Waals surface area contributed by atoms with Gasteiger partial charge in [0.05, 0.1) is 29.4 Å². The molecule has 0 radical (unpaired) electrons. The predicted molar refractivity (Wildman–Crippen MR) is 93.6 cm³/mol. The molecule has 2 fully saturated rings. The Hall–Kier alpha value is -2.36. The monoisotopic (exact) mass is 385 g/mol. The number of carbonyl (C=O) groups excluding carboxylic acids is 2. The highest BCUT2D eigenvalue weighted by molar-refractivity contribution is 7.91. The molecule has 1 N–H and O–H groups in total. The number of halogens is 1. The van der Waals surface area contributed by atoms with Gasteiger partial charge in [0, 0.05) is 20.1 Å². The maximum absolute atomic E-state index is 14.6. The lowest BCUT2D eigenvalue weighted by Gasteiger charge is -2.23. The summed E-state index contributed by atoms with van der Waals surface area (Å²) in [5.41, 5.74) is 0.575. The van der Waals surface area contributed by atoms with Crippen LogP contribution in [-0.2, 0) is 19.4 Å². The largest absolute Gasteiger partial charge is 0.434 e. The van der Waals surface area contributed by atoms with Gasteiger partial charge in [-0.25, -0.2) is 17.6 Å². The fourth-order valence-corrected chi connectivity index (χ4v) is 4.34. The number of likely N-dealkylation sites (N-methyl/N-ethyl adjacent to an activating group) is 1. The molecule has 2 aliphatic heterocycles. The Morgan fingerprint density at radius 3 is 2.77 bits per heavy atom. The third-order valence-corrected chi connectivity index (χ3v) is 6.21. The molecule has 1 unspecified atom stereocenters. The van der Waals surface area contributed by atoms with Crippen LogP contribution in [-0.4, -0.2) is 64.7 Å². The summed E-state index contributed by atoms with van der Waals surface area (Å²) in [5.74, 6) is -0.897. The molecule has 0 aromatic heterocycles. The number of amides is 2. The minimum atomic E-state index is -3.09. The number of anilines is 2. The van der Waals surface area contributed by atoms with Crippen LogP contribution in [0.5, 0.6) is 0 Å². The topological polar surface area (TPSA) is 96.0 Å². The van der Waals surface area contributed by atoms with Crippen molar-refractivity contribution in [2.45, 2.75) is 12.5 Å². The van der Waals surface area contributed by atoms with E-state index >= 15 is 0 Å². The van der Waals surface area contributed by atoms with E-state index in [0.717, 1.165) is 0 Å². The number of hydrogen-bond donors (Lipinski definition) is 1. The molecule has 0 spiro atoms. The van der Waals surface area contributed by atoms with Crippen LogP contribution in [0.3, 0.4) is 0 Å². The fourth-order valence-electron chi connectivity index (χ4n) is 3.07. The van der Waals surface area contributed by atoms with Gasteiger partial charge in [0.15, 0.2) is 15.9 Å². The third kappa shape index (κ3) is 3.74. The Labute approximate surface area is 150 Å². The first-order chi connectivity index (χ1) is 12.3. The summed E-state index contributed by atoms with van der Waals surface area (Å²) in [6.45, 7) is 0.669. The van der Waals surface area contributed by atoms with Crippen LogP contribution >= 0.6 is 0 Å². The van der Waals surface area contributed by atoms with Crippen molar-refractivity contribution in [2.24, 2.45) is 0 Å². The average Bonchev–Trinajstić information content (AvgIpc) is 2.89. The van der Waals surface area contributed by atoms with Gasteiger partial charge in [-0.1, -0.05) is 0 Å². The number of sulfone groups is 1. The molecular formula is C16H20FN3O5S. The van der Waals surface area contributed by atoms with E-state index in [0.29, 0.717) is 18.7 Å². The van der Waals surface area contributed by atoms with Crippen LogP contribution in [0.25, 0.3) is 0 Å². The van der Waals surface area contributed by atoms with E-state index in [-0.39, 0.29) is 30.3 Å². The minimum Gasteiger partial charge on any atom is -0.434 e. The molecule has 0 saturated carbocycles. The van der Waals surface area contributed by atoms with E-state index in [9.17, 15) is 22.4 Å². The van der Waals surface area contributed by atoms with Gasteiger partial charge < -0.3 is 15.0 Å². The van der Waals surface area contributed by atoms with Gasteiger partial charge in [0.25, 0.3) is 5.91 Å². The molecule has 0 aliphatic carbocycles. The molecule has 3 rings (SSSR count). The normalized spacial score (nSPS) is 22.7. The van der Waals surface area contributed by atoms with Crippen molar-refractivity contribution in [3.8, 4) is 0 Å². The highest BCUT2D eigenvalue weighted by Gasteiger charge is 2.37. The van der Waals surface area contributed by atoms with E-state index in [1.165, 1.54) is 24.1 Å². The lowest BCUT2D eigenvalue weighted by molar-refractivity contribution is -0.127. The molecular weight excluding hydrogens is 365 g/mol. The Bertz CT molecular complexity index is 829. The van der Waals surface area contributed by atoms with Gasteiger partial charge in [-0.05, 0) is 24.6 Å². The molecule has 2 aliphatic rings.